The smallest absolute Gasteiger partial charge is 0.423 e. The lowest BCUT2D eigenvalue weighted by atomic mass is 10.1. The largest absolute Gasteiger partial charge is 0.492 e. The van der Waals surface area contributed by atoms with E-state index < -0.39 is 11.7 Å². The van der Waals surface area contributed by atoms with Crippen molar-refractivity contribution in [3.05, 3.63) is 58.5 Å². The second-order valence-corrected chi connectivity index (χ2v) is 8.41. The van der Waals surface area contributed by atoms with Gasteiger partial charge in [0.15, 0.2) is 5.65 Å². The number of nitrogens with zero attached hydrogens (tertiary/aromatic N) is 3. The third-order valence-corrected chi connectivity index (χ3v) is 5.99. The van der Waals surface area contributed by atoms with E-state index in [1.165, 1.54) is 10.5 Å². The fraction of sp³-hybridized carbons (Fsp3) is 0.429. The van der Waals surface area contributed by atoms with Crippen LogP contribution in [0.5, 0.6) is 5.75 Å². The van der Waals surface area contributed by atoms with Crippen LogP contribution in [0.2, 0.25) is 5.02 Å². The zero-order valence-electron chi connectivity index (χ0n) is 15.5. The van der Waals surface area contributed by atoms with Gasteiger partial charge in [-0.25, -0.2) is 0 Å². The summed E-state index contributed by atoms with van der Waals surface area (Å²) in [6, 6.07) is 8.95. The number of halogens is 4. The van der Waals surface area contributed by atoms with Crippen LogP contribution < -0.4 is 4.74 Å². The molecule has 29 heavy (non-hydrogen) atoms. The van der Waals surface area contributed by atoms with Gasteiger partial charge in [-0.2, -0.15) is 13.2 Å². The molecule has 1 unspecified atom stereocenters. The van der Waals surface area contributed by atoms with Crippen molar-refractivity contribution in [2.24, 2.45) is 11.8 Å². The summed E-state index contributed by atoms with van der Waals surface area (Å²) in [5, 5.41) is 8.51. The van der Waals surface area contributed by atoms with Gasteiger partial charge in [-0.05, 0) is 54.9 Å². The van der Waals surface area contributed by atoms with Crippen LogP contribution >= 0.6 is 11.6 Å². The summed E-state index contributed by atoms with van der Waals surface area (Å²) >= 11 is 5.91. The molecule has 0 bridgehead atoms. The quantitative estimate of drug-likeness (QED) is 0.525. The zero-order chi connectivity index (χ0) is 20.2. The van der Waals surface area contributed by atoms with Crippen molar-refractivity contribution in [3.8, 4) is 5.75 Å². The van der Waals surface area contributed by atoms with Gasteiger partial charge in [-0.15, -0.1) is 10.2 Å². The summed E-state index contributed by atoms with van der Waals surface area (Å²) in [5.41, 5.74) is 0.102. The van der Waals surface area contributed by atoms with E-state index in [1.54, 1.807) is 6.20 Å². The maximum absolute atomic E-state index is 13.8. The lowest BCUT2D eigenvalue weighted by molar-refractivity contribution is -0.138. The Kier molecular flexibility index (Phi) is 4.46. The van der Waals surface area contributed by atoms with Crippen LogP contribution in [-0.4, -0.2) is 21.2 Å². The van der Waals surface area contributed by atoms with Crippen molar-refractivity contribution in [2.45, 2.75) is 37.8 Å². The van der Waals surface area contributed by atoms with E-state index >= 15 is 0 Å². The summed E-state index contributed by atoms with van der Waals surface area (Å²) in [6.45, 7) is 0.232. The minimum atomic E-state index is -4.57. The topological polar surface area (TPSA) is 39.4 Å². The Morgan fingerprint density at radius 1 is 1.10 bits per heavy atom. The highest BCUT2D eigenvalue weighted by Crippen LogP contribution is 2.48. The van der Waals surface area contributed by atoms with Crippen molar-refractivity contribution >= 4 is 17.2 Å². The highest BCUT2D eigenvalue weighted by atomic mass is 35.5. The van der Waals surface area contributed by atoms with E-state index in [1.807, 2.05) is 24.3 Å². The highest BCUT2D eigenvalue weighted by Gasteiger charge is 2.41. The molecular weight excluding hydrogens is 403 g/mol. The predicted molar refractivity (Wildman–Crippen MR) is 102 cm³/mol. The molecule has 0 amide bonds. The number of aromatic nitrogens is 3. The van der Waals surface area contributed by atoms with Crippen LogP contribution in [0.15, 0.2) is 36.5 Å². The molecular formula is C21H19ClF3N3O. The predicted octanol–water partition coefficient (Wildman–Crippen LogP) is 5.54. The summed E-state index contributed by atoms with van der Waals surface area (Å²) in [5.74, 6) is 1.38. The van der Waals surface area contributed by atoms with E-state index in [2.05, 4.69) is 10.2 Å². The molecule has 0 saturated heterocycles. The normalized spacial score (nSPS) is 21.5. The molecule has 1 aromatic carbocycles. The maximum Gasteiger partial charge on any atom is 0.423 e. The number of ether oxygens (including phenoxy) is 1. The van der Waals surface area contributed by atoms with E-state index in [0.717, 1.165) is 24.8 Å². The maximum atomic E-state index is 13.8. The summed E-state index contributed by atoms with van der Waals surface area (Å²) in [6.07, 6.45) is 0.754. The number of hydrogen-bond acceptors (Lipinski definition) is 3. The minimum Gasteiger partial charge on any atom is -0.492 e. The molecule has 2 aliphatic carbocycles. The Labute approximate surface area is 170 Å². The lowest BCUT2D eigenvalue weighted by Gasteiger charge is -2.15. The van der Waals surface area contributed by atoms with Gasteiger partial charge in [0.1, 0.15) is 17.1 Å². The molecule has 3 aromatic rings. The monoisotopic (exact) mass is 421 g/mol. The number of fused-ring (bicyclic) bond motifs is 1. The van der Waals surface area contributed by atoms with Crippen LogP contribution in [-0.2, 0) is 12.6 Å². The average Bonchev–Trinajstić information content (AvgIpc) is 3.59. The van der Waals surface area contributed by atoms with Crippen LogP contribution in [0.25, 0.3) is 5.65 Å². The second kappa shape index (κ2) is 6.90. The number of alkyl halides is 3. The van der Waals surface area contributed by atoms with Gasteiger partial charge in [0.2, 0.25) is 0 Å². The molecule has 2 atom stereocenters. The minimum absolute atomic E-state index is 0.183. The molecule has 8 heteroatoms. The Balaban J connectivity index is 1.36. The summed E-state index contributed by atoms with van der Waals surface area (Å²) in [4.78, 5) is 0. The number of benzene rings is 1. The molecule has 0 N–H and O–H groups in total. The van der Waals surface area contributed by atoms with Gasteiger partial charge in [-0.1, -0.05) is 23.7 Å². The van der Waals surface area contributed by atoms with Gasteiger partial charge in [0.25, 0.3) is 0 Å². The third kappa shape index (κ3) is 3.80. The Morgan fingerprint density at radius 2 is 1.86 bits per heavy atom. The van der Waals surface area contributed by atoms with Gasteiger partial charge in [-0.3, -0.25) is 4.40 Å². The first kappa shape index (κ1) is 18.7. The molecule has 5 rings (SSSR count). The van der Waals surface area contributed by atoms with Gasteiger partial charge < -0.3 is 4.74 Å². The standard InChI is InChI=1S/C21H19ClF3N3O/c22-15-5-3-13(4-6-15)16-10-14(16)11-29-17-7-8-28-18(9-12-1-2-12)26-27-20(28)19(17)21(23,24)25/h3-8,12,14,16H,1-2,9-11H2/t14-,16?/m0/s1. The summed E-state index contributed by atoms with van der Waals surface area (Å²) < 4.78 is 48.5. The lowest BCUT2D eigenvalue weighted by Crippen LogP contribution is -2.13. The SMILES string of the molecule is FC(F)(F)c1c(OC[C@@H]2CC2c2ccc(Cl)cc2)ccn2c(CC3CC3)nnc12. The number of hydrogen-bond donors (Lipinski definition) is 0. The van der Waals surface area contributed by atoms with Crippen molar-refractivity contribution in [2.75, 3.05) is 6.61 Å². The molecule has 2 fully saturated rings. The molecule has 2 heterocycles. The molecule has 2 aliphatic rings. The first-order valence-electron chi connectivity index (χ1n) is 9.72. The van der Waals surface area contributed by atoms with Gasteiger partial charge in [0.05, 0.1) is 6.61 Å². The van der Waals surface area contributed by atoms with E-state index in [4.69, 9.17) is 16.3 Å². The summed E-state index contributed by atoms with van der Waals surface area (Å²) in [7, 11) is 0. The molecule has 4 nitrogen and oxygen atoms in total. The molecule has 0 radical (unpaired) electrons. The Hall–Kier alpha value is -2.28. The van der Waals surface area contributed by atoms with Crippen LogP contribution in [0.4, 0.5) is 13.2 Å². The van der Waals surface area contributed by atoms with E-state index in [9.17, 15) is 13.2 Å². The molecule has 0 aliphatic heterocycles. The van der Waals surface area contributed by atoms with Crippen molar-refractivity contribution < 1.29 is 17.9 Å². The van der Waals surface area contributed by atoms with Crippen LogP contribution in [0.3, 0.4) is 0 Å². The number of rotatable bonds is 6. The first-order chi connectivity index (χ1) is 13.9. The third-order valence-electron chi connectivity index (χ3n) is 5.74. The van der Waals surface area contributed by atoms with E-state index in [0.29, 0.717) is 29.1 Å². The fourth-order valence-electron chi connectivity index (χ4n) is 3.84. The number of pyridine rings is 1. The van der Waals surface area contributed by atoms with Crippen LogP contribution in [0, 0.1) is 11.8 Å². The van der Waals surface area contributed by atoms with Crippen molar-refractivity contribution in [1.82, 2.24) is 14.6 Å². The Bertz CT molecular complexity index is 1040. The Morgan fingerprint density at radius 3 is 2.55 bits per heavy atom. The molecule has 2 saturated carbocycles. The molecule has 152 valence electrons. The molecule has 0 spiro atoms. The van der Waals surface area contributed by atoms with Crippen molar-refractivity contribution in [3.63, 3.8) is 0 Å². The van der Waals surface area contributed by atoms with Crippen molar-refractivity contribution in [1.29, 1.82) is 0 Å². The average molecular weight is 422 g/mol. The van der Waals surface area contributed by atoms with Crippen LogP contribution in [0.1, 0.15) is 42.1 Å². The fourth-order valence-corrected chi connectivity index (χ4v) is 3.97. The van der Waals surface area contributed by atoms with E-state index in [-0.39, 0.29) is 23.9 Å². The highest BCUT2D eigenvalue weighted by molar-refractivity contribution is 6.30. The molecule has 2 aromatic heterocycles. The first-order valence-corrected chi connectivity index (χ1v) is 10.1. The zero-order valence-corrected chi connectivity index (χ0v) is 16.2. The van der Waals surface area contributed by atoms with Gasteiger partial charge in [0, 0.05) is 23.6 Å². The second-order valence-electron chi connectivity index (χ2n) is 7.97. The van der Waals surface area contributed by atoms with Gasteiger partial charge >= 0.3 is 6.18 Å².